The summed E-state index contributed by atoms with van der Waals surface area (Å²) in [6.07, 6.45) is 0. The number of rotatable bonds is 2. The van der Waals surface area contributed by atoms with E-state index in [-0.39, 0.29) is 5.41 Å². The lowest BCUT2D eigenvalue weighted by molar-refractivity contribution is 0.311. The van der Waals surface area contributed by atoms with E-state index < -0.39 is 10.2 Å². The minimum absolute atomic E-state index is 0.0544. The maximum absolute atomic E-state index is 10.7. The molecule has 0 heterocycles. The van der Waals surface area contributed by atoms with Crippen LogP contribution in [-0.2, 0) is 10.2 Å². The van der Waals surface area contributed by atoms with Crippen LogP contribution in [0.2, 0.25) is 0 Å². The van der Waals surface area contributed by atoms with E-state index in [1.54, 1.807) is 0 Å². The molecule has 0 fully saturated rings. The number of hydrogen-bond acceptors (Lipinski definition) is 2. The van der Waals surface area contributed by atoms with E-state index in [0.717, 1.165) is 4.31 Å². The Morgan fingerprint density at radius 2 is 1.73 bits per heavy atom. The van der Waals surface area contributed by atoms with Crippen molar-refractivity contribution < 1.29 is 8.42 Å². The zero-order chi connectivity index (χ0) is 9.28. The molecular weight excluding hydrogens is 164 g/mol. The summed E-state index contributed by atoms with van der Waals surface area (Å²) in [6, 6.07) is 0. The van der Waals surface area contributed by atoms with Gasteiger partial charge in [-0.2, -0.15) is 12.7 Å². The second-order valence-electron chi connectivity index (χ2n) is 3.86. The minimum atomic E-state index is -3.50. The van der Waals surface area contributed by atoms with Crippen LogP contribution in [-0.4, -0.2) is 26.3 Å². The third-order valence-corrected chi connectivity index (χ3v) is 2.13. The topological polar surface area (TPSA) is 63.4 Å². The fourth-order valence-electron chi connectivity index (χ4n) is 0.758. The van der Waals surface area contributed by atoms with Crippen molar-refractivity contribution in [3.05, 3.63) is 0 Å². The molecule has 0 spiro atoms. The van der Waals surface area contributed by atoms with Crippen LogP contribution in [0.5, 0.6) is 0 Å². The molecule has 0 saturated heterocycles. The van der Waals surface area contributed by atoms with Gasteiger partial charge in [0, 0.05) is 13.6 Å². The van der Waals surface area contributed by atoms with Gasteiger partial charge in [0.25, 0.3) is 10.2 Å². The monoisotopic (exact) mass is 180 g/mol. The molecule has 0 unspecified atom stereocenters. The van der Waals surface area contributed by atoms with Gasteiger partial charge in [0.1, 0.15) is 0 Å². The van der Waals surface area contributed by atoms with Crippen LogP contribution in [0.1, 0.15) is 20.8 Å². The maximum atomic E-state index is 10.7. The van der Waals surface area contributed by atoms with Crippen molar-refractivity contribution in [2.24, 2.45) is 10.6 Å². The maximum Gasteiger partial charge on any atom is 0.276 e. The Labute approximate surface area is 68.6 Å². The largest absolute Gasteiger partial charge is 0.276 e. The highest BCUT2D eigenvalue weighted by Crippen LogP contribution is 2.14. The highest BCUT2D eigenvalue weighted by Gasteiger charge is 2.19. The van der Waals surface area contributed by atoms with E-state index in [2.05, 4.69) is 0 Å². The van der Waals surface area contributed by atoms with Gasteiger partial charge >= 0.3 is 0 Å². The lowest BCUT2D eigenvalue weighted by atomic mass is 9.97. The lowest BCUT2D eigenvalue weighted by Crippen LogP contribution is -2.38. The molecule has 11 heavy (non-hydrogen) atoms. The van der Waals surface area contributed by atoms with E-state index in [9.17, 15) is 8.42 Å². The van der Waals surface area contributed by atoms with Gasteiger partial charge in [-0.05, 0) is 5.41 Å². The molecule has 0 aromatic carbocycles. The molecule has 0 bridgehead atoms. The lowest BCUT2D eigenvalue weighted by Gasteiger charge is -2.24. The summed E-state index contributed by atoms with van der Waals surface area (Å²) in [4.78, 5) is 0. The predicted molar refractivity (Wildman–Crippen MR) is 45.2 cm³/mol. The van der Waals surface area contributed by atoms with Gasteiger partial charge in [0.2, 0.25) is 0 Å². The molecule has 0 aliphatic rings. The van der Waals surface area contributed by atoms with Gasteiger partial charge in [-0.3, -0.25) is 0 Å². The molecule has 0 aromatic rings. The summed E-state index contributed by atoms with van der Waals surface area (Å²) in [7, 11) is -2.03. The number of nitrogens with two attached hydrogens (primary N) is 1. The standard InChI is InChI=1S/C6H16N2O2S/c1-6(2,3)5-8(4)11(7,9)10/h5H2,1-4H3,(H2,7,9,10). The van der Waals surface area contributed by atoms with E-state index in [4.69, 9.17) is 5.14 Å². The van der Waals surface area contributed by atoms with Crippen LogP contribution in [0.15, 0.2) is 0 Å². The summed E-state index contributed by atoms with van der Waals surface area (Å²) in [6.45, 7) is 6.30. The molecule has 68 valence electrons. The van der Waals surface area contributed by atoms with E-state index in [0.29, 0.717) is 6.54 Å². The summed E-state index contributed by atoms with van der Waals surface area (Å²) in [5, 5.41) is 4.88. The van der Waals surface area contributed by atoms with Gasteiger partial charge in [-0.15, -0.1) is 0 Å². The van der Waals surface area contributed by atoms with E-state index in [1.807, 2.05) is 20.8 Å². The fourth-order valence-corrected chi connectivity index (χ4v) is 1.33. The Bertz CT molecular complexity index is 215. The Morgan fingerprint density at radius 3 is 1.82 bits per heavy atom. The SMILES string of the molecule is CN(CC(C)(C)C)S(N)(=O)=O. The zero-order valence-corrected chi connectivity index (χ0v) is 8.27. The molecule has 5 heteroatoms. The molecular formula is C6H16N2O2S. The first kappa shape index (κ1) is 10.9. The first-order valence-corrected chi connectivity index (χ1v) is 4.87. The number of nitrogens with zero attached hydrogens (tertiary/aromatic N) is 1. The summed E-state index contributed by atoms with van der Waals surface area (Å²) < 4.78 is 22.6. The van der Waals surface area contributed by atoms with Crippen LogP contribution in [0.3, 0.4) is 0 Å². The van der Waals surface area contributed by atoms with E-state index >= 15 is 0 Å². The molecule has 0 radical (unpaired) electrons. The second kappa shape index (κ2) is 3.08. The van der Waals surface area contributed by atoms with Crippen LogP contribution >= 0.6 is 0 Å². The van der Waals surface area contributed by atoms with Crippen LogP contribution in [0.25, 0.3) is 0 Å². The molecule has 2 N–H and O–H groups in total. The van der Waals surface area contributed by atoms with E-state index in [1.165, 1.54) is 7.05 Å². The first-order chi connectivity index (χ1) is 4.63. The molecule has 0 rings (SSSR count). The van der Waals surface area contributed by atoms with Crippen LogP contribution < -0.4 is 5.14 Å². The van der Waals surface area contributed by atoms with Gasteiger partial charge < -0.3 is 0 Å². The molecule has 0 amide bonds. The second-order valence-corrected chi connectivity index (χ2v) is 5.51. The predicted octanol–water partition coefficient (Wildman–Crippen LogP) is 0.168. The van der Waals surface area contributed by atoms with Gasteiger partial charge in [0.05, 0.1) is 0 Å². The molecule has 0 aliphatic carbocycles. The summed E-state index contributed by atoms with van der Waals surface area (Å²) >= 11 is 0. The Kier molecular flexibility index (Phi) is 3.05. The van der Waals surface area contributed by atoms with Gasteiger partial charge in [-0.1, -0.05) is 20.8 Å². The Hall–Kier alpha value is -0.130. The molecule has 0 saturated carbocycles. The molecule has 0 aromatic heterocycles. The highest BCUT2D eigenvalue weighted by atomic mass is 32.2. The van der Waals surface area contributed by atoms with Crippen LogP contribution in [0, 0.1) is 5.41 Å². The third-order valence-electron chi connectivity index (χ3n) is 1.13. The fraction of sp³-hybridized carbons (Fsp3) is 1.00. The highest BCUT2D eigenvalue weighted by molar-refractivity contribution is 7.86. The Balaban J connectivity index is 4.22. The van der Waals surface area contributed by atoms with Crippen molar-refractivity contribution in [2.75, 3.05) is 13.6 Å². The van der Waals surface area contributed by atoms with Crippen molar-refractivity contribution in [3.63, 3.8) is 0 Å². The average molecular weight is 180 g/mol. The Morgan fingerprint density at radius 1 is 1.36 bits per heavy atom. The summed E-state index contributed by atoms with van der Waals surface area (Å²) in [5.41, 5.74) is -0.0544. The zero-order valence-electron chi connectivity index (χ0n) is 7.46. The van der Waals surface area contributed by atoms with Crippen molar-refractivity contribution in [2.45, 2.75) is 20.8 Å². The van der Waals surface area contributed by atoms with Crippen molar-refractivity contribution >= 4 is 10.2 Å². The molecule has 0 atom stereocenters. The van der Waals surface area contributed by atoms with Crippen LogP contribution in [0.4, 0.5) is 0 Å². The molecule has 0 aliphatic heterocycles. The molecule has 4 nitrogen and oxygen atoms in total. The normalized spacial score (nSPS) is 14.0. The number of hydrogen-bond donors (Lipinski definition) is 1. The average Bonchev–Trinajstić information content (AvgIpc) is 1.56. The third kappa shape index (κ3) is 5.17. The first-order valence-electron chi connectivity index (χ1n) is 3.37. The van der Waals surface area contributed by atoms with Gasteiger partial charge in [0.15, 0.2) is 0 Å². The minimum Gasteiger partial charge on any atom is -0.216 e. The van der Waals surface area contributed by atoms with Crippen molar-refractivity contribution in [1.82, 2.24) is 4.31 Å². The van der Waals surface area contributed by atoms with Crippen molar-refractivity contribution in [3.8, 4) is 0 Å². The quantitative estimate of drug-likeness (QED) is 0.658. The summed E-state index contributed by atoms with van der Waals surface area (Å²) in [5.74, 6) is 0. The smallest absolute Gasteiger partial charge is 0.216 e. The van der Waals surface area contributed by atoms with Gasteiger partial charge in [-0.25, -0.2) is 5.14 Å². The van der Waals surface area contributed by atoms with Crippen molar-refractivity contribution in [1.29, 1.82) is 0 Å².